The maximum atomic E-state index is 2.41. The van der Waals surface area contributed by atoms with Crippen molar-refractivity contribution < 1.29 is 0 Å². The average molecular weight is 305 g/mol. The Morgan fingerprint density at radius 1 is 0.864 bits per heavy atom. The fraction of sp³-hybridized carbons (Fsp3) is 0.700. The van der Waals surface area contributed by atoms with Gasteiger partial charge in [-0.25, -0.2) is 0 Å². The van der Waals surface area contributed by atoms with Crippen molar-refractivity contribution in [3.63, 3.8) is 0 Å². The molecule has 22 heavy (non-hydrogen) atoms. The Kier molecular flexibility index (Phi) is 8.55. The first-order valence-corrected chi connectivity index (χ1v) is 8.90. The Balaban J connectivity index is 2.35. The normalized spacial score (nSPS) is 11.7. The van der Waals surface area contributed by atoms with Crippen molar-refractivity contribution in [1.29, 1.82) is 0 Å². The number of hydrogen-bond acceptors (Lipinski definition) is 2. The second-order valence-electron chi connectivity index (χ2n) is 7.30. The summed E-state index contributed by atoms with van der Waals surface area (Å²) in [6.07, 6.45) is 5.04. The van der Waals surface area contributed by atoms with E-state index in [1.54, 1.807) is 0 Å². The highest BCUT2D eigenvalue weighted by molar-refractivity contribution is 5.46. The predicted octanol–water partition coefficient (Wildman–Crippen LogP) is 4.83. The number of nitrogens with zero attached hydrogens (tertiary/aromatic N) is 2. The van der Waals surface area contributed by atoms with Crippen LogP contribution in [0.2, 0.25) is 0 Å². The minimum Gasteiger partial charge on any atom is -0.375 e. The number of anilines is 1. The van der Waals surface area contributed by atoms with Gasteiger partial charge in [0.1, 0.15) is 0 Å². The van der Waals surface area contributed by atoms with Crippen molar-refractivity contribution in [3.8, 4) is 0 Å². The fourth-order valence-electron chi connectivity index (χ4n) is 2.58. The molecule has 0 radical (unpaired) electrons. The van der Waals surface area contributed by atoms with Gasteiger partial charge in [0, 0.05) is 25.3 Å². The molecule has 1 aromatic rings. The molecule has 0 aliphatic carbocycles. The fourth-order valence-corrected chi connectivity index (χ4v) is 2.58. The van der Waals surface area contributed by atoms with Crippen LogP contribution in [0, 0.1) is 5.92 Å². The number of aryl methyl sites for hydroxylation is 1. The summed E-state index contributed by atoms with van der Waals surface area (Å²) in [5, 5.41) is 0. The molecule has 0 atom stereocenters. The quantitative estimate of drug-likeness (QED) is 0.611. The zero-order valence-electron chi connectivity index (χ0n) is 15.6. The molecule has 126 valence electrons. The molecular formula is C20H36N2. The molecule has 0 amide bonds. The topological polar surface area (TPSA) is 6.48 Å². The summed E-state index contributed by atoms with van der Waals surface area (Å²) in [5.41, 5.74) is 2.80. The highest BCUT2D eigenvalue weighted by atomic mass is 15.1. The van der Waals surface area contributed by atoms with Gasteiger partial charge in [-0.15, -0.1) is 0 Å². The minimum absolute atomic E-state index is 0.635. The second-order valence-corrected chi connectivity index (χ2v) is 7.30. The van der Waals surface area contributed by atoms with Crippen molar-refractivity contribution >= 4 is 5.69 Å². The lowest BCUT2D eigenvalue weighted by atomic mass is 10.0. The Hall–Kier alpha value is -1.02. The van der Waals surface area contributed by atoms with Crippen LogP contribution in [0.5, 0.6) is 0 Å². The molecule has 0 spiro atoms. The average Bonchev–Trinajstić information content (AvgIpc) is 2.47. The van der Waals surface area contributed by atoms with Crippen molar-refractivity contribution in [2.45, 2.75) is 59.4 Å². The van der Waals surface area contributed by atoms with Crippen molar-refractivity contribution in [2.24, 2.45) is 5.92 Å². The molecular weight excluding hydrogens is 268 g/mol. The predicted molar refractivity (Wildman–Crippen MR) is 99.9 cm³/mol. The van der Waals surface area contributed by atoms with Crippen LogP contribution in [0.15, 0.2) is 24.3 Å². The molecule has 1 aromatic carbocycles. The van der Waals surface area contributed by atoms with E-state index in [1.165, 1.54) is 36.9 Å². The summed E-state index contributed by atoms with van der Waals surface area (Å²) in [5.74, 6) is 0.814. The van der Waals surface area contributed by atoms with Gasteiger partial charge in [0.15, 0.2) is 0 Å². The molecule has 2 heteroatoms. The van der Waals surface area contributed by atoms with E-state index in [4.69, 9.17) is 0 Å². The maximum Gasteiger partial charge on any atom is 0.0363 e. The lowest BCUT2D eigenvalue weighted by Crippen LogP contribution is -2.30. The van der Waals surface area contributed by atoms with Gasteiger partial charge in [-0.05, 0) is 70.3 Å². The van der Waals surface area contributed by atoms with Crippen LogP contribution in [-0.4, -0.2) is 38.1 Å². The third kappa shape index (κ3) is 7.31. The zero-order chi connectivity index (χ0) is 16.5. The van der Waals surface area contributed by atoms with Gasteiger partial charge in [0.05, 0.1) is 0 Å². The molecule has 0 fully saturated rings. The molecule has 0 aliphatic rings. The third-order valence-electron chi connectivity index (χ3n) is 4.51. The zero-order valence-corrected chi connectivity index (χ0v) is 15.6. The van der Waals surface area contributed by atoms with Crippen LogP contribution >= 0.6 is 0 Å². The van der Waals surface area contributed by atoms with Crippen molar-refractivity contribution in [1.82, 2.24) is 4.90 Å². The van der Waals surface area contributed by atoms with Crippen LogP contribution in [0.4, 0.5) is 5.69 Å². The van der Waals surface area contributed by atoms with Gasteiger partial charge >= 0.3 is 0 Å². The van der Waals surface area contributed by atoms with Gasteiger partial charge < -0.3 is 9.80 Å². The monoisotopic (exact) mass is 304 g/mol. The molecule has 1 rings (SSSR count). The molecule has 0 saturated heterocycles. The van der Waals surface area contributed by atoms with E-state index in [1.807, 2.05) is 0 Å². The summed E-state index contributed by atoms with van der Waals surface area (Å²) >= 11 is 0. The standard InChI is InChI=1S/C20H36N2/c1-17(2)9-7-10-19-11-13-20(14-12-19)22(6)16-8-15-21(5)18(3)4/h11-14,17-18H,7-10,15-16H2,1-6H3. The van der Waals surface area contributed by atoms with E-state index in [0.717, 1.165) is 19.0 Å². The molecule has 0 aliphatic heterocycles. The van der Waals surface area contributed by atoms with E-state index in [2.05, 4.69) is 75.9 Å². The van der Waals surface area contributed by atoms with Crippen LogP contribution in [0.25, 0.3) is 0 Å². The van der Waals surface area contributed by atoms with Crippen LogP contribution < -0.4 is 4.90 Å². The SMILES string of the molecule is CC(C)CCCc1ccc(N(C)CCCN(C)C(C)C)cc1. The number of hydrogen-bond donors (Lipinski definition) is 0. The molecule has 0 bridgehead atoms. The maximum absolute atomic E-state index is 2.41. The number of benzene rings is 1. The Bertz CT molecular complexity index is 395. The smallest absolute Gasteiger partial charge is 0.0363 e. The summed E-state index contributed by atoms with van der Waals surface area (Å²) in [4.78, 5) is 4.78. The first-order chi connectivity index (χ1) is 10.4. The van der Waals surface area contributed by atoms with Gasteiger partial charge in [0.2, 0.25) is 0 Å². The minimum atomic E-state index is 0.635. The van der Waals surface area contributed by atoms with Gasteiger partial charge in [-0.2, -0.15) is 0 Å². The van der Waals surface area contributed by atoms with Gasteiger partial charge in [0.25, 0.3) is 0 Å². The van der Waals surface area contributed by atoms with E-state index < -0.39 is 0 Å². The van der Waals surface area contributed by atoms with Crippen LogP contribution in [-0.2, 0) is 6.42 Å². The van der Waals surface area contributed by atoms with Crippen LogP contribution in [0.3, 0.4) is 0 Å². The Morgan fingerprint density at radius 3 is 2.05 bits per heavy atom. The van der Waals surface area contributed by atoms with E-state index in [9.17, 15) is 0 Å². The lowest BCUT2D eigenvalue weighted by Gasteiger charge is -2.24. The third-order valence-corrected chi connectivity index (χ3v) is 4.51. The van der Waals surface area contributed by atoms with Gasteiger partial charge in [-0.3, -0.25) is 0 Å². The molecule has 2 nitrogen and oxygen atoms in total. The van der Waals surface area contributed by atoms with Crippen molar-refractivity contribution in [2.75, 3.05) is 32.1 Å². The molecule has 0 N–H and O–H groups in total. The molecule has 0 unspecified atom stereocenters. The highest BCUT2D eigenvalue weighted by Crippen LogP contribution is 2.16. The Morgan fingerprint density at radius 2 is 1.50 bits per heavy atom. The largest absolute Gasteiger partial charge is 0.375 e. The molecule has 0 aromatic heterocycles. The number of rotatable bonds is 10. The van der Waals surface area contributed by atoms with Gasteiger partial charge in [-0.1, -0.05) is 32.4 Å². The summed E-state index contributed by atoms with van der Waals surface area (Å²) in [6.45, 7) is 11.4. The second kappa shape index (κ2) is 9.89. The van der Waals surface area contributed by atoms with E-state index >= 15 is 0 Å². The van der Waals surface area contributed by atoms with E-state index in [0.29, 0.717) is 6.04 Å². The van der Waals surface area contributed by atoms with Crippen molar-refractivity contribution in [3.05, 3.63) is 29.8 Å². The Labute approximate surface area is 138 Å². The lowest BCUT2D eigenvalue weighted by molar-refractivity contribution is 0.272. The first-order valence-electron chi connectivity index (χ1n) is 8.90. The first kappa shape index (κ1) is 19.0. The highest BCUT2D eigenvalue weighted by Gasteiger charge is 2.05. The van der Waals surface area contributed by atoms with E-state index in [-0.39, 0.29) is 0 Å². The summed E-state index contributed by atoms with van der Waals surface area (Å²) in [6, 6.07) is 9.78. The summed E-state index contributed by atoms with van der Waals surface area (Å²) < 4.78 is 0. The summed E-state index contributed by atoms with van der Waals surface area (Å²) in [7, 11) is 4.40. The van der Waals surface area contributed by atoms with Crippen LogP contribution in [0.1, 0.15) is 52.5 Å². The molecule has 0 heterocycles. The molecule has 0 saturated carbocycles.